The van der Waals surface area contributed by atoms with Crippen molar-refractivity contribution in [3.05, 3.63) is 41.6 Å². The highest BCUT2D eigenvalue weighted by Crippen LogP contribution is 2.21. The van der Waals surface area contributed by atoms with Crippen LogP contribution in [-0.2, 0) is 13.6 Å². The molecule has 0 spiro atoms. The van der Waals surface area contributed by atoms with Gasteiger partial charge in [-0.2, -0.15) is 4.98 Å². The lowest BCUT2D eigenvalue weighted by Gasteiger charge is -2.08. The molecule has 3 heterocycles. The minimum absolute atomic E-state index is 0.235. The average Bonchev–Trinajstić information content (AvgIpc) is 2.94. The maximum atomic E-state index is 5.89. The molecule has 18 heavy (non-hydrogen) atoms. The minimum Gasteiger partial charge on any atom is -0.364 e. The number of aromatic amines is 1. The molecule has 0 amide bonds. The molecule has 0 aliphatic rings. The molecule has 0 atom stereocenters. The lowest BCUT2D eigenvalue weighted by atomic mass is 10.3. The number of anilines is 1. The Labute approximate surface area is 109 Å². The van der Waals surface area contributed by atoms with E-state index in [1.165, 1.54) is 5.69 Å². The number of nitrogens with zero attached hydrogens (tertiary/aromatic N) is 3. The molecule has 0 bridgehead atoms. The first kappa shape index (κ1) is 11.1. The van der Waals surface area contributed by atoms with Gasteiger partial charge in [-0.3, -0.25) is 0 Å². The van der Waals surface area contributed by atoms with Crippen LogP contribution in [-0.4, -0.2) is 19.5 Å². The van der Waals surface area contributed by atoms with Gasteiger partial charge in [-0.15, -0.1) is 0 Å². The van der Waals surface area contributed by atoms with E-state index in [0.717, 1.165) is 16.9 Å². The summed E-state index contributed by atoms with van der Waals surface area (Å²) < 4.78 is 2.06. The van der Waals surface area contributed by atoms with Gasteiger partial charge in [0.15, 0.2) is 0 Å². The first-order chi connectivity index (χ1) is 8.74. The number of rotatable bonds is 3. The minimum atomic E-state index is 0.235. The molecular formula is C12H12ClN5. The molecule has 3 aromatic heterocycles. The number of hydrogen-bond donors (Lipinski definition) is 2. The van der Waals surface area contributed by atoms with Crippen LogP contribution >= 0.6 is 11.6 Å². The fraction of sp³-hybridized carbons (Fsp3) is 0.167. The smallest absolute Gasteiger partial charge is 0.226 e. The van der Waals surface area contributed by atoms with Crippen LogP contribution in [0.15, 0.2) is 30.6 Å². The van der Waals surface area contributed by atoms with Gasteiger partial charge in [0.1, 0.15) is 11.5 Å². The van der Waals surface area contributed by atoms with Gasteiger partial charge in [-0.05, 0) is 29.8 Å². The Kier molecular flexibility index (Phi) is 2.68. The van der Waals surface area contributed by atoms with Crippen LogP contribution in [0.1, 0.15) is 5.69 Å². The molecule has 0 radical (unpaired) electrons. The number of halogens is 1. The Morgan fingerprint density at radius 2 is 2.28 bits per heavy atom. The molecule has 5 nitrogen and oxygen atoms in total. The molecule has 0 saturated carbocycles. The quantitative estimate of drug-likeness (QED) is 0.713. The van der Waals surface area contributed by atoms with Crippen LogP contribution in [0.4, 0.5) is 5.82 Å². The molecule has 6 heteroatoms. The van der Waals surface area contributed by atoms with Gasteiger partial charge < -0.3 is 14.9 Å². The van der Waals surface area contributed by atoms with Gasteiger partial charge in [-0.25, -0.2) is 4.98 Å². The van der Waals surface area contributed by atoms with Gasteiger partial charge in [0.05, 0.1) is 11.9 Å². The van der Waals surface area contributed by atoms with E-state index in [4.69, 9.17) is 11.6 Å². The summed E-state index contributed by atoms with van der Waals surface area (Å²) >= 11 is 5.89. The third kappa shape index (κ3) is 1.93. The molecule has 0 aliphatic carbocycles. The van der Waals surface area contributed by atoms with Crippen molar-refractivity contribution in [1.82, 2.24) is 19.5 Å². The van der Waals surface area contributed by atoms with E-state index >= 15 is 0 Å². The highest BCUT2D eigenvalue weighted by Gasteiger charge is 2.07. The lowest BCUT2D eigenvalue weighted by Crippen LogP contribution is -2.06. The molecular weight excluding hydrogens is 250 g/mol. The normalized spacial score (nSPS) is 11.0. The number of aryl methyl sites for hydroxylation is 1. The highest BCUT2D eigenvalue weighted by atomic mass is 35.5. The molecule has 3 aromatic rings. The van der Waals surface area contributed by atoms with Crippen molar-refractivity contribution in [1.29, 1.82) is 0 Å². The van der Waals surface area contributed by atoms with Crippen molar-refractivity contribution in [3.63, 3.8) is 0 Å². The number of aromatic nitrogens is 4. The number of hydrogen-bond acceptors (Lipinski definition) is 3. The summed E-state index contributed by atoms with van der Waals surface area (Å²) in [5.41, 5.74) is 1.91. The van der Waals surface area contributed by atoms with Crippen LogP contribution in [0.25, 0.3) is 11.0 Å². The number of fused-ring (bicyclic) bond motifs is 1. The fourth-order valence-electron chi connectivity index (χ4n) is 1.90. The summed E-state index contributed by atoms with van der Waals surface area (Å²) in [5.74, 6) is 0.743. The summed E-state index contributed by atoms with van der Waals surface area (Å²) in [6, 6.07) is 6.00. The lowest BCUT2D eigenvalue weighted by molar-refractivity contribution is 0.840. The van der Waals surface area contributed by atoms with E-state index in [-0.39, 0.29) is 5.28 Å². The second-order valence-corrected chi connectivity index (χ2v) is 4.38. The first-order valence-electron chi connectivity index (χ1n) is 5.59. The van der Waals surface area contributed by atoms with E-state index in [0.29, 0.717) is 6.54 Å². The van der Waals surface area contributed by atoms with E-state index in [9.17, 15) is 0 Å². The van der Waals surface area contributed by atoms with Crippen molar-refractivity contribution >= 4 is 28.5 Å². The topological polar surface area (TPSA) is 58.5 Å². The van der Waals surface area contributed by atoms with E-state index in [1.54, 1.807) is 0 Å². The van der Waals surface area contributed by atoms with Crippen LogP contribution in [0.3, 0.4) is 0 Å². The zero-order valence-electron chi connectivity index (χ0n) is 9.81. The SMILES string of the molecule is Cn1cccc1CNc1nc(Cl)nc2[nH]ccc12. The van der Waals surface area contributed by atoms with Crippen molar-refractivity contribution in [3.8, 4) is 0 Å². The van der Waals surface area contributed by atoms with Crippen LogP contribution in [0.2, 0.25) is 5.28 Å². The number of H-pyrrole nitrogens is 1. The average molecular weight is 262 g/mol. The Hall–Kier alpha value is -2.01. The van der Waals surface area contributed by atoms with Gasteiger partial charge in [0.2, 0.25) is 5.28 Å². The molecule has 0 fully saturated rings. The molecule has 0 aliphatic heterocycles. The van der Waals surface area contributed by atoms with Crippen molar-refractivity contribution in [2.75, 3.05) is 5.32 Å². The standard InChI is InChI=1S/C12H12ClN5/c1-18-6-2-3-8(18)7-15-11-9-4-5-14-10(9)16-12(13)17-11/h2-6H,7H2,1H3,(H2,14,15,16,17). The monoisotopic (exact) mass is 261 g/mol. The Morgan fingerprint density at radius 3 is 3.06 bits per heavy atom. The molecule has 2 N–H and O–H groups in total. The van der Waals surface area contributed by atoms with Crippen LogP contribution < -0.4 is 5.32 Å². The molecule has 3 rings (SSSR count). The van der Waals surface area contributed by atoms with E-state index in [1.807, 2.05) is 31.6 Å². The van der Waals surface area contributed by atoms with Crippen LogP contribution in [0, 0.1) is 0 Å². The molecule has 0 saturated heterocycles. The van der Waals surface area contributed by atoms with Gasteiger partial charge in [-0.1, -0.05) is 0 Å². The second-order valence-electron chi connectivity index (χ2n) is 4.05. The largest absolute Gasteiger partial charge is 0.364 e. The third-order valence-electron chi connectivity index (χ3n) is 2.88. The van der Waals surface area contributed by atoms with Crippen molar-refractivity contribution in [2.24, 2.45) is 7.05 Å². The summed E-state index contributed by atoms with van der Waals surface area (Å²) in [5, 5.41) is 4.46. The molecule has 92 valence electrons. The van der Waals surface area contributed by atoms with E-state index < -0.39 is 0 Å². The maximum absolute atomic E-state index is 5.89. The highest BCUT2D eigenvalue weighted by molar-refractivity contribution is 6.28. The maximum Gasteiger partial charge on any atom is 0.226 e. The summed E-state index contributed by atoms with van der Waals surface area (Å²) in [4.78, 5) is 11.4. The van der Waals surface area contributed by atoms with Gasteiger partial charge in [0.25, 0.3) is 0 Å². The summed E-state index contributed by atoms with van der Waals surface area (Å²) in [7, 11) is 2.01. The summed E-state index contributed by atoms with van der Waals surface area (Å²) in [6.07, 6.45) is 3.83. The first-order valence-corrected chi connectivity index (χ1v) is 5.96. The predicted molar refractivity (Wildman–Crippen MR) is 71.6 cm³/mol. The van der Waals surface area contributed by atoms with Gasteiger partial charge in [0, 0.05) is 25.1 Å². The molecule has 0 aromatic carbocycles. The third-order valence-corrected chi connectivity index (χ3v) is 3.05. The zero-order valence-corrected chi connectivity index (χ0v) is 10.6. The fourth-order valence-corrected chi connectivity index (χ4v) is 2.07. The van der Waals surface area contributed by atoms with Crippen molar-refractivity contribution in [2.45, 2.75) is 6.54 Å². The Bertz CT molecular complexity index is 685. The van der Waals surface area contributed by atoms with Crippen LogP contribution in [0.5, 0.6) is 0 Å². The predicted octanol–water partition coefficient (Wildman–Crippen LogP) is 2.56. The second kappa shape index (κ2) is 4.34. The Balaban J connectivity index is 1.90. The number of nitrogens with one attached hydrogen (secondary N) is 2. The van der Waals surface area contributed by atoms with E-state index in [2.05, 4.69) is 30.9 Å². The Morgan fingerprint density at radius 1 is 1.39 bits per heavy atom. The summed E-state index contributed by atoms with van der Waals surface area (Å²) in [6.45, 7) is 0.692. The molecule has 0 unspecified atom stereocenters. The zero-order chi connectivity index (χ0) is 12.5. The van der Waals surface area contributed by atoms with Crippen molar-refractivity contribution < 1.29 is 0 Å². The van der Waals surface area contributed by atoms with Gasteiger partial charge >= 0.3 is 0 Å².